The molecule has 0 aromatic heterocycles. The van der Waals surface area contributed by atoms with E-state index in [1.54, 1.807) is 0 Å². The number of unbranched alkanes of at least 4 members (excludes halogenated alkanes) is 10. The van der Waals surface area contributed by atoms with Gasteiger partial charge in [-0.1, -0.05) is 58.3 Å². The Kier molecular flexibility index (Phi) is 13.0. The molecule has 25 heavy (non-hydrogen) atoms. The third kappa shape index (κ3) is 11.0. The van der Waals surface area contributed by atoms with E-state index in [1.807, 2.05) is 0 Å². The second kappa shape index (κ2) is 15.0. The molecule has 1 heterocycles. The summed E-state index contributed by atoms with van der Waals surface area (Å²) >= 11 is 0. The number of esters is 1. The molecule has 6 heteroatoms. The topological polar surface area (TPSA) is 66.4 Å². The number of rotatable bonds is 16. The molecule has 1 aliphatic rings. The standard InChI is InChI=1S/C19H37N4O2/c1-3-4-5-6-11-14-17-23-18(20-21-22-23)15-12-9-7-8-10-13-16-19(24)25-2/h18H,3-17H2,1-2H3/q+1. The largest absolute Gasteiger partial charge is 0.469 e. The Morgan fingerprint density at radius 1 is 0.920 bits per heavy atom. The zero-order valence-electron chi connectivity index (χ0n) is 16.3. The van der Waals surface area contributed by atoms with Crippen molar-refractivity contribution >= 4 is 5.97 Å². The first kappa shape index (κ1) is 21.7. The number of carbonyl (C=O) groups is 1. The lowest BCUT2D eigenvalue weighted by atomic mass is 10.1. The molecule has 1 rings (SSSR count). The van der Waals surface area contributed by atoms with Crippen LogP contribution in [-0.4, -0.2) is 30.5 Å². The van der Waals surface area contributed by atoms with Crippen LogP contribution in [0, 0.1) is 0 Å². The Balaban J connectivity index is 1.96. The molecule has 0 radical (unpaired) electrons. The Bertz CT molecular complexity index is 410. The minimum Gasteiger partial charge on any atom is -0.469 e. The Morgan fingerprint density at radius 3 is 2.28 bits per heavy atom. The van der Waals surface area contributed by atoms with Gasteiger partial charge in [-0.3, -0.25) is 4.79 Å². The van der Waals surface area contributed by atoms with E-state index in [0.29, 0.717) is 6.42 Å². The normalized spacial score (nSPS) is 16.2. The monoisotopic (exact) mass is 353 g/mol. The van der Waals surface area contributed by atoms with Crippen molar-refractivity contribution in [2.75, 3.05) is 13.7 Å². The fourth-order valence-electron chi connectivity index (χ4n) is 3.11. The number of carbonyl (C=O) groups excluding carboxylic acids is 1. The maximum Gasteiger partial charge on any atom is 0.305 e. The summed E-state index contributed by atoms with van der Waals surface area (Å²) in [6.07, 6.45) is 16.4. The first-order chi connectivity index (χ1) is 12.3. The van der Waals surface area contributed by atoms with Gasteiger partial charge in [0.05, 0.1) is 7.11 Å². The summed E-state index contributed by atoms with van der Waals surface area (Å²) in [7, 11) is 1.45. The van der Waals surface area contributed by atoms with E-state index in [4.69, 9.17) is 0 Å². The van der Waals surface area contributed by atoms with Gasteiger partial charge < -0.3 is 4.74 Å². The van der Waals surface area contributed by atoms with Crippen LogP contribution in [0.5, 0.6) is 0 Å². The van der Waals surface area contributed by atoms with Crippen molar-refractivity contribution in [1.82, 2.24) is 0 Å². The molecule has 0 saturated heterocycles. The summed E-state index contributed by atoms with van der Waals surface area (Å²) < 4.78 is 6.71. The van der Waals surface area contributed by atoms with Crippen LogP contribution < -0.4 is 0 Å². The molecule has 0 spiro atoms. The van der Waals surface area contributed by atoms with Gasteiger partial charge in [-0.15, -0.1) is 4.70 Å². The molecule has 1 atom stereocenters. The van der Waals surface area contributed by atoms with E-state index in [9.17, 15) is 4.79 Å². The third-order valence-corrected chi connectivity index (χ3v) is 4.75. The second-order valence-electron chi connectivity index (χ2n) is 6.94. The SMILES string of the molecule is CCCCCCCC[N+]1=NN=NC1CCCCCCCCC(=O)OC. The fraction of sp³-hybridized carbons (Fsp3) is 0.947. The van der Waals surface area contributed by atoms with Gasteiger partial charge in [0.25, 0.3) is 6.17 Å². The molecule has 0 N–H and O–H groups in total. The minimum atomic E-state index is -0.0965. The number of hydrogen-bond acceptors (Lipinski definition) is 5. The minimum absolute atomic E-state index is 0.0965. The van der Waals surface area contributed by atoms with E-state index < -0.39 is 0 Å². The molecule has 144 valence electrons. The zero-order chi connectivity index (χ0) is 18.2. The molecular formula is C19H37N4O2+. The quantitative estimate of drug-likeness (QED) is 0.199. The van der Waals surface area contributed by atoms with Crippen LogP contribution in [0.1, 0.15) is 96.8 Å². The average Bonchev–Trinajstić information content (AvgIpc) is 3.07. The molecule has 1 unspecified atom stereocenters. The number of methoxy groups -OCH3 is 1. The lowest BCUT2D eigenvalue weighted by Crippen LogP contribution is -2.21. The van der Waals surface area contributed by atoms with Crippen LogP contribution in [0.2, 0.25) is 0 Å². The van der Waals surface area contributed by atoms with Gasteiger partial charge in [0.15, 0.2) is 5.22 Å². The van der Waals surface area contributed by atoms with Gasteiger partial charge in [-0.25, -0.2) is 0 Å². The summed E-state index contributed by atoms with van der Waals surface area (Å²) in [5.74, 6) is -0.0965. The summed E-state index contributed by atoms with van der Waals surface area (Å²) in [4.78, 5) is 11.0. The Hall–Kier alpha value is -1.33. The van der Waals surface area contributed by atoms with Crippen molar-refractivity contribution < 1.29 is 14.2 Å². The second-order valence-corrected chi connectivity index (χ2v) is 6.94. The van der Waals surface area contributed by atoms with Crippen LogP contribution in [0.4, 0.5) is 0 Å². The maximum absolute atomic E-state index is 11.0. The highest BCUT2D eigenvalue weighted by Gasteiger charge is 2.24. The highest BCUT2D eigenvalue weighted by molar-refractivity contribution is 5.68. The summed E-state index contributed by atoms with van der Waals surface area (Å²) in [6, 6.07) is 0. The van der Waals surface area contributed by atoms with Crippen molar-refractivity contribution in [1.29, 1.82) is 0 Å². The van der Waals surface area contributed by atoms with Crippen molar-refractivity contribution in [3.05, 3.63) is 0 Å². The lowest BCUT2D eigenvalue weighted by Gasteiger charge is -2.07. The molecule has 0 aromatic rings. The molecule has 6 nitrogen and oxygen atoms in total. The lowest BCUT2D eigenvalue weighted by molar-refractivity contribution is -0.619. The molecule has 0 aliphatic carbocycles. The maximum atomic E-state index is 11.0. The summed E-state index contributed by atoms with van der Waals surface area (Å²) in [5, 5.41) is 12.3. The Morgan fingerprint density at radius 2 is 1.56 bits per heavy atom. The smallest absolute Gasteiger partial charge is 0.305 e. The van der Waals surface area contributed by atoms with Crippen LogP contribution in [0.15, 0.2) is 15.6 Å². The predicted octanol–water partition coefficient (Wildman–Crippen LogP) is 5.81. The van der Waals surface area contributed by atoms with Gasteiger partial charge in [-0.05, 0) is 25.7 Å². The molecule has 0 aromatic carbocycles. The van der Waals surface area contributed by atoms with Gasteiger partial charge in [-0.2, -0.15) is 0 Å². The fourth-order valence-corrected chi connectivity index (χ4v) is 3.11. The van der Waals surface area contributed by atoms with E-state index in [1.165, 1.54) is 71.3 Å². The first-order valence-electron chi connectivity index (χ1n) is 10.2. The van der Waals surface area contributed by atoms with E-state index in [0.717, 1.165) is 25.8 Å². The number of nitrogens with zero attached hydrogens (tertiary/aromatic N) is 4. The molecule has 1 aliphatic heterocycles. The molecule has 0 amide bonds. The average molecular weight is 354 g/mol. The van der Waals surface area contributed by atoms with Gasteiger partial charge in [0, 0.05) is 18.0 Å². The van der Waals surface area contributed by atoms with Crippen molar-refractivity contribution in [2.45, 2.75) is 103 Å². The van der Waals surface area contributed by atoms with Crippen molar-refractivity contribution in [3.63, 3.8) is 0 Å². The van der Waals surface area contributed by atoms with Crippen molar-refractivity contribution in [2.24, 2.45) is 15.6 Å². The van der Waals surface area contributed by atoms with Gasteiger partial charge in [0.1, 0.15) is 6.54 Å². The third-order valence-electron chi connectivity index (χ3n) is 4.75. The van der Waals surface area contributed by atoms with Gasteiger partial charge >= 0.3 is 5.97 Å². The number of hydrogen-bond donors (Lipinski definition) is 0. The number of ether oxygens (including phenoxy) is 1. The van der Waals surface area contributed by atoms with Crippen LogP contribution in [0.3, 0.4) is 0 Å². The van der Waals surface area contributed by atoms with E-state index >= 15 is 0 Å². The Labute approximate surface area is 153 Å². The van der Waals surface area contributed by atoms with Crippen LogP contribution in [0.25, 0.3) is 0 Å². The van der Waals surface area contributed by atoms with Crippen LogP contribution in [-0.2, 0) is 9.53 Å². The molecular weight excluding hydrogens is 316 g/mol. The predicted molar refractivity (Wildman–Crippen MR) is 98.5 cm³/mol. The van der Waals surface area contributed by atoms with Crippen LogP contribution >= 0.6 is 0 Å². The van der Waals surface area contributed by atoms with Crippen molar-refractivity contribution in [3.8, 4) is 0 Å². The summed E-state index contributed by atoms with van der Waals surface area (Å²) in [6.45, 7) is 3.23. The molecule has 0 fully saturated rings. The summed E-state index contributed by atoms with van der Waals surface area (Å²) in [5.41, 5.74) is 0. The highest BCUT2D eigenvalue weighted by atomic mass is 16.5. The first-order valence-corrected chi connectivity index (χ1v) is 10.2. The van der Waals surface area contributed by atoms with E-state index in [2.05, 4.69) is 31.9 Å². The van der Waals surface area contributed by atoms with Gasteiger partial charge in [0.2, 0.25) is 5.22 Å². The molecule has 0 saturated carbocycles. The zero-order valence-corrected chi connectivity index (χ0v) is 16.3. The van der Waals surface area contributed by atoms with E-state index in [-0.39, 0.29) is 12.1 Å². The molecule has 0 bridgehead atoms. The highest BCUT2D eigenvalue weighted by Crippen LogP contribution is 2.16.